The number of aromatic amines is 2. The van der Waals surface area contributed by atoms with Crippen LogP contribution < -0.4 is 11.1 Å². The minimum absolute atomic E-state index is 0.0365. The van der Waals surface area contributed by atoms with Gasteiger partial charge in [0.05, 0.1) is 55.4 Å². The minimum atomic E-state index is -0.645. The summed E-state index contributed by atoms with van der Waals surface area (Å²) in [4.78, 5) is 65.9. The number of hydrogen-bond acceptors (Lipinski definition) is 13. The second-order valence-corrected chi connectivity index (χ2v) is 17.0. The molecule has 0 aliphatic carbocycles. The van der Waals surface area contributed by atoms with Crippen LogP contribution in [0.1, 0.15) is 33.3 Å². The van der Waals surface area contributed by atoms with Crippen LogP contribution >= 0.6 is 38.9 Å². The molecular formula is C36H44BCl3N11O6PPd. The molecule has 0 spiro atoms. The van der Waals surface area contributed by atoms with Crippen LogP contribution in [0.25, 0.3) is 21.8 Å². The first kappa shape index (κ1) is 51.3. The first-order valence-corrected chi connectivity index (χ1v) is 22.9. The molecular weight excluding hydrogens is 937 g/mol. The fourth-order valence-electron chi connectivity index (χ4n) is 5.69. The fourth-order valence-corrected chi connectivity index (χ4v) is 5.92. The molecule has 59 heavy (non-hydrogen) atoms. The number of halogens is 3. The number of nitrogens with zero attached hydrogens (tertiary/aromatic N) is 8. The van der Waals surface area contributed by atoms with Crippen molar-refractivity contribution in [1.29, 1.82) is 5.16 Å². The first-order valence-electron chi connectivity index (χ1n) is 17.5. The third-order valence-electron chi connectivity index (χ3n) is 9.30. The van der Waals surface area contributed by atoms with Crippen molar-refractivity contribution in [1.82, 2.24) is 39.5 Å². The Kier molecular flexibility index (Phi) is 21.3. The number of terminal acetylenes is 1. The monoisotopic (exact) mass is 979 g/mol. The van der Waals surface area contributed by atoms with Crippen molar-refractivity contribution in [2.75, 3.05) is 66.5 Å². The van der Waals surface area contributed by atoms with Crippen LogP contribution in [0.15, 0.2) is 46.5 Å². The first-order chi connectivity index (χ1) is 27.8. The zero-order valence-corrected chi connectivity index (χ0v) is 37.9. The zero-order chi connectivity index (χ0) is 44.5. The molecule has 17 nitrogen and oxygen atoms in total. The van der Waals surface area contributed by atoms with Crippen LogP contribution in [0, 0.1) is 49.6 Å². The molecule has 2 aromatic heterocycles. The molecule has 0 unspecified atom stereocenters. The van der Waals surface area contributed by atoms with E-state index in [-0.39, 0.29) is 62.5 Å². The Bertz CT molecular complexity index is 2300. The molecule has 0 amide bonds. The molecule has 2 radical (unpaired) electrons. The average molecular weight is 981 g/mol. The maximum atomic E-state index is 11.9. The summed E-state index contributed by atoms with van der Waals surface area (Å²) in [6.07, 6.45) is 7.96. The van der Waals surface area contributed by atoms with Crippen LogP contribution in [-0.2, 0) is 15.9 Å². The quantitative estimate of drug-likeness (QED) is 0.0761. The van der Waals surface area contributed by atoms with Crippen molar-refractivity contribution >= 4 is 79.7 Å². The number of nitrogens with one attached hydrogen (secondary N) is 3. The summed E-state index contributed by atoms with van der Waals surface area (Å²) < 4.78 is 0. The molecule has 0 saturated carbocycles. The van der Waals surface area contributed by atoms with Gasteiger partial charge in [0.15, 0.2) is 7.57 Å². The molecule has 23 heteroatoms. The Morgan fingerprint density at radius 3 is 1.61 bits per heavy atom. The molecule has 0 atom stereocenters. The summed E-state index contributed by atoms with van der Waals surface area (Å²) in [6, 6.07) is 5.16. The zero-order valence-electron chi connectivity index (χ0n) is 33.2. The van der Waals surface area contributed by atoms with Gasteiger partial charge in [-0.05, 0) is 53.9 Å². The summed E-state index contributed by atoms with van der Waals surface area (Å²) in [7, 11) is 18.5. The summed E-state index contributed by atoms with van der Waals surface area (Å²) >= 11 is 5.55. The summed E-state index contributed by atoms with van der Waals surface area (Å²) in [5.74, 6) is 8.96. The molecule has 2 aliphatic heterocycles. The van der Waals surface area contributed by atoms with E-state index in [1.54, 1.807) is 0 Å². The molecule has 6 rings (SSSR count). The molecule has 2 aliphatic rings. The average Bonchev–Trinajstić information content (AvgIpc) is 3.18. The van der Waals surface area contributed by atoms with Crippen LogP contribution in [-0.4, -0.2) is 134 Å². The number of hydrogen-bond donors (Lipinski definition) is 3. The summed E-state index contributed by atoms with van der Waals surface area (Å²) in [5, 5.41) is 28.2. The second-order valence-electron chi connectivity index (χ2n) is 14.0. The normalized spacial score (nSPS) is 15.1. The Hall–Kier alpha value is -3.82. The standard InChI is InChI=1S/C18H21N5O3.C10H18N2.C8H4ClN3O3.BHNP.2ClH.Pd/c1-18(2,22-8-6-21(3)7-9-22)5-4-13-10-15-14(11-16(13)23(25)26)17(24)20-12-19-15;1-5-10(2,3)12-8-6-11(4)7-9-12;9-5-2-6-4(1-7(5)12(14)15)8(13)11-3-10-6;1-3-2;;;/h10-12H,6-9H2,1-3H3,(H,19,20,24);1H,6-9H2,2-4H3;1-3H,(H,10,11,13);2H;2*1H;/q;;;;;;+2/p-2. The number of benzene rings is 2. The van der Waals surface area contributed by atoms with Gasteiger partial charge in [-0.3, -0.25) is 44.8 Å². The number of nitro benzene ring substituents is 2. The van der Waals surface area contributed by atoms with Crippen molar-refractivity contribution in [3.8, 4) is 24.2 Å². The van der Waals surface area contributed by atoms with Gasteiger partial charge in [-0.2, -0.15) is 0 Å². The van der Waals surface area contributed by atoms with Gasteiger partial charge in [0.1, 0.15) is 10.6 Å². The van der Waals surface area contributed by atoms with Gasteiger partial charge in [-0.1, -0.05) is 37.6 Å². The fraction of sp³-hybridized carbons (Fsp3) is 0.444. The van der Waals surface area contributed by atoms with Gasteiger partial charge < -0.3 is 19.8 Å². The van der Waals surface area contributed by atoms with E-state index in [4.69, 9.17) is 42.2 Å². The van der Waals surface area contributed by atoms with Gasteiger partial charge in [0.2, 0.25) is 0 Å². The molecule has 0 bridgehead atoms. The van der Waals surface area contributed by atoms with E-state index in [0.717, 1.165) is 58.4 Å². The van der Waals surface area contributed by atoms with E-state index in [1.165, 1.54) is 30.9 Å². The number of likely N-dealkylation sites (N-methyl/N-ethyl adjacent to an activating group) is 2. The second kappa shape index (κ2) is 24.4. The van der Waals surface area contributed by atoms with Gasteiger partial charge >= 0.3 is 35.0 Å². The van der Waals surface area contributed by atoms with Crippen molar-refractivity contribution in [2.24, 2.45) is 0 Å². The van der Waals surface area contributed by atoms with Crippen LogP contribution in [0.5, 0.6) is 0 Å². The van der Waals surface area contributed by atoms with E-state index >= 15 is 0 Å². The molecule has 318 valence electrons. The van der Waals surface area contributed by atoms with Crippen molar-refractivity contribution in [3.63, 3.8) is 0 Å². The van der Waals surface area contributed by atoms with Gasteiger partial charge in [0, 0.05) is 64.5 Å². The predicted octanol–water partition coefficient (Wildman–Crippen LogP) is 5.49. The number of piperazine rings is 2. The van der Waals surface area contributed by atoms with Crippen LogP contribution in [0.4, 0.5) is 11.4 Å². The summed E-state index contributed by atoms with van der Waals surface area (Å²) in [6.45, 7) is 16.4. The number of nitro groups is 2. The summed E-state index contributed by atoms with van der Waals surface area (Å²) in [5.41, 5.74) is -0.818. The number of H-pyrrole nitrogens is 2. The third kappa shape index (κ3) is 15.6. The predicted molar refractivity (Wildman–Crippen MR) is 232 cm³/mol. The van der Waals surface area contributed by atoms with Crippen molar-refractivity contribution in [2.45, 2.75) is 38.8 Å². The SMILES string of the molecule is C#CC(C)(C)N1CCN(C)CC1.CN1CCN(C(C)(C)C#Cc2cc3nc[nH]c(=O)c3cc2[N+](=O)[O-])CC1.O=c1[nH]cnc2cc(Cl)c([N+](=O)[O-])cc12.[B]P=N.[Cl][Pd][Cl]. The van der Waals surface area contributed by atoms with E-state index in [0.29, 0.717) is 11.0 Å². The Labute approximate surface area is 366 Å². The van der Waals surface area contributed by atoms with Crippen molar-refractivity contribution in [3.05, 3.63) is 88.4 Å². The number of aromatic nitrogens is 4. The Morgan fingerprint density at radius 1 is 0.814 bits per heavy atom. The molecule has 4 heterocycles. The van der Waals surface area contributed by atoms with E-state index < -0.39 is 26.5 Å². The van der Waals surface area contributed by atoms with Crippen molar-refractivity contribution < 1.29 is 25.8 Å². The Balaban J connectivity index is 0.000000308. The maximum absolute atomic E-state index is 11.9. The van der Waals surface area contributed by atoms with E-state index in [9.17, 15) is 29.8 Å². The van der Waals surface area contributed by atoms with E-state index in [2.05, 4.69) is 92.8 Å². The third-order valence-corrected chi connectivity index (χ3v) is 9.61. The van der Waals surface area contributed by atoms with Gasteiger partial charge in [-0.25, -0.2) is 9.97 Å². The van der Waals surface area contributed by atoms with Crippen LogP contribution in [0.3, 0.4) is 0 Å². The van der Waals surface area contributed by atoms with E-state index in [1.807, 2.05) is 13.8 Å². The van der Waals surface area contributed by atoms with Gasteiger partial charge in [-0.15, -0.1) is 6.42 Å². The van der Waals surface area contributed by atoms with Gasteiger partial charge in [0.25, 0.3) is 22.5 Å². The van der Waals surface area contributed by atoms with Crippen LogP contribution in [0.2, 0.25) is 5.02 Å². The molecule has 2 aromatic carbocycles. The number of fused-ring (bicyclic) bond motifs is 2. The molecule has 3 N–H and O–H groups in total. The molecule has 2 saturated heterocycles. The Morgan fingerprint density at radius 2 is 1.20 bits per heavy atom. The topological polar surface area (TPSA) is 215 Å². The molecule has 4 aromatic rings. The number of rotatable bonds is 4. The molecule has 2 fully saturated rings.